The number of carbonyl (C=O) groups excluding carboxylic acids is 2. The highest BCUT2D eigenvalue weighted by atomic mass is 32.1. The molecule has 1 aromatic heterocycles. The van der Waals surface area contributed by atoms with E-state index in [0.717, 1.165) is 17.8 Å². The Morgan fingerprint density at radius 2 is 2.00 bits per heavy atom. The third-order valence-electron chi connectivity index (χ3n) is 4.35. The molecule has 27 heavy (non-hydrogen) atoms. The van der Waals surface area contributed by atoms with E-state index in [-0.39, 0.29) is 30.4 Å². The zero-order valence-electron chi connectivity index (χ0n) is 15.9. The van der Waals surface area contributed by atoms with Crippen molar-refractivity contribution in [1.29, 1.82) is 0 Å². The van der Waals surface area contributed by atoms with Crippen molar-refractivity contribution in [3.63, 3.8) is 0 Å². The first-order valence-electron chi connectivity index (χ1n) is 9.29. The predicted octanol–water partition coefficient (Wildman–Crippen LogP) is 3.27. The fourth-order valence-corrected chi connectivity index (χ4v) is 3.87. The number of para-hydroxylation sites is 1. The Balaban J connectivity index is 1.61. The maximum Gasteiger partial charge on any atom is 0.253 e. The van der Waals surface area contributed by atoms with E-state index in [1.54, 1.807) is 35.6 Å². The van der Waals surface area contributed by atoms with Gasteiger partial charge in [-0.2, -0.15) is 0 Å². The first kappa shape index (κ1) is 19.5. The van der Waals surface area contributed by atoms with Crippen LogP contribution in [0.4, 0.5) is 5.69 Å². The van der Waals surface area contributed by atoms with E-state index in [0.29, 0.717) is 17.2 Å². The average molecular weight is 387 g/mol. The Hall–Kier alpha value is -2.25. The van der Waals surface area contributed by atoms with Gasteiger partial charge in [-0.1, -0.05) is 12.1 Å². The van der Waals surface area contributed by atoms with E-state index in [1.807, 2.05) is 27.0 Å². The Morgan fingerprint density at radius 1 is 1.26 bits per heavy atom. The van der Waals surface area contributed by atoms with E-state index < -0.39 is 0 Å². The summed E-state index contributed by atoms with van der Waals surface area (Å²) in [6, 6.07) is 7.21. The van der Waals surface area contributed by atoms with Crippen molar-refractivity contribution in [3.8, 4) is 0 Å². The van der Waals surface area contributed by atoms with Gasteiger partial charge in [-0.25, -0.2) is 4.98 Å². The van der Waals surface area contributed by atoms with Gasteiger partial charge in [0.1, 0.15) is 5.01 Å². The molecule has 1 aliphatic carbocycles. The molecule has 144 valence electrons. The van der Waals surface area contributed by atoms with Crippen molar-refractivity contribution in [2.24, 2.45) is 5.92 Å². The van der Waals surface area contributed by atoms with Gasteiger partial charge >= 0.3 is 0 Å². The quantitative estimate of drug-likeness (QED) is 0.650. The SMILES string of the molecule is Cc1cnc(C(NCC(=O)Nc2ccccc2C(=O)NC(C)C)C2CC2)s1. The molecule has 2 aromatic rings. The predicted molar refractivity (Wildman–Crippen MR) is 108 cm³/mol. The maximum absolute atomic E-state index is 12.5. The molecule has 1 aliphatic rings. The lowest BCUT2D eigenvalue weighted by Crippen LogP contribution is -2.34. The number of hydrogen-bond acceptors (Lipinski definition) is 5. The van der Waals surface area contributed by atoms with Gasteiger partial charge in [0.05, 0.1) is 23.8 Å². The van der Waals surface area contributed by atoms with E-state index in [9.17, 15) is 9.59 Å². The molecule has 1 unspecified atom stereocenters. The first-order chi connectivity index (χ1) is 12.9. The molecule has 3 rings (SSSR count). The van der Waals surface area contributed by atoms with Crippen molar-refractivity contribution in [1.82, 2.24) is 15.6 Å². The number of carbonyl (C=O) groups is 2. The second-order valence-corrected chi connectivity index (χ2v) is 8.49. The lowest BCUT2D eigenvalue weighted by molar-refractivity contribution is -0.115. The van der Waals surface area contributed by atoms with Crippen LogP contribution in [-0.4, -0.2) is 29.4 Å². The smallest absolute Gasteiger partial charge is 0.253 e. The van der Waals surface area contributed by atoms with Gasteiger partial charge in [0.15, 0.2) is 0 Å². The molecule has 0 saturated heterocycles. The second kappa shape index (κ2) is 8.63. The summed E-state index contributed by atoms with van der Waals surface area (Å²) >= 11 is 1.67. The summed E-state index contributed by atoms with van der Waals surface area (Å²) in [5.41, 5.74) is 0.990. The highest BCUT2D eigenvalue weighted by molar-refractivity contribution is 7.11. The highest BCUT2D eigenvalue weighted by Gasteiger charge is 2.34. The van der Waals surface area contributed by atoms with Crippen molar-refractivity contribution in [2.75, 3.05) is 11.9 Å². The van der Waals surface area contributed by atoms with Crippen LogP contribution in [0.25, 0.3) is 0 Å². The Bertz CT molecular complexity index is 814. The molecular formula is C20H26N4O2S. The van der Waals surface area contributed by atoms with Crippen molar-refractivity contribution >= 4 is 28.8 Å². The monoisotopic (exact) mass is 386 g/mol. The summed E-state index contributed by atoms with van der Waals surface area (Å²) in [7, 11) is 0. The number of aromatic nitrogens is 1. The molecule has 1 aromatic carbocycles. The van der Waals surface area contributed by atoms with Crippen LogP contribution in [0.3, 0.4) is 0 Å². The number of thiazole rings is 1. The molecule has 1 saturated carbocycles. The average Bonchev–Trinajstić information content (AvgIpc) is 3.36. The van der Waals surface area contributed by atoms with E-state index in [4.69, 9.17) is 0 Å². The standard InChI is InChI=1S/C20H26N4O2S/c1-12(2)23-19(26)15-6-4-5-7-16(15)24-17(25)11-21-18(14-8-9-14)20-22-10-13(3)27-20/h4-7,10,12,14,18,21H,8-9,11H2,1-3H3,(H,23,26)(H,24,25). The van der Waals surface area contributed by atoms with Gasteiger partial charge < -0.3 is 10.6 Å². The highest BCUT2D eigenvalue weighted by Crippen LogP contribution is 2.41. The lowest BCUT2D eigenvalue weighted by Gasteiger charge is -2.17. The van der Waals surface area contributed by atoms with Crippen LogP contribution in [-0.2, 0) is 4.79 Å². The number of amides is 2. The zero-order chi connectivity index (χ0) is 19.4. The summed E-state index contributed by atoms with van der Waals surface area (Å²) in [6.45, 7) is 6.03. The molecule has 3 N–H and O–H groups in total. The molecule has 7 heteroatoms. The number of nitrogens with zero attached hydrogens (tertiary/aromatic N) is 1. The molecule has 0 radical (unpaired) electrons. The summed E-state index contributed by atoms with van der Waals surface area (Å²) in [5.74, 6) is 0.189. The minimum absolute atomic E-state index is 0.0315. The summed E-state index contributed by atoms with van der Waals surface area (Å²) in [6.07, 6.45) is 4.20. The fraction of sp³-hybridized carbons (Fsp3) is 0.450. The van der Waals surface area contributed by atoms with Crippen LogP contribution in [0.1, 0.15) is 53.0 Å². The van der Waals surface area contributed by atoms with E-state index >= 15 is 0 Å². The van der Waals surface area contributed by atoms with Crippen LogP contribution in [0.15, 0.2) is 30.5 Å². The van der Waals surface area contributed by atoms with Gasteiger partial charge in [0.2, 0.25) is 5.91 Å². The third kappa shape index (κ3) is 5.37. The van der Waals surface area contributed by atoms with Gasteiger partial charge in [0, 0.05) is 17.1 Å². The van der Waals surface area contributed by atoms with E-state index in [1.165, 1.54) is 4.88 Å². The number of nitrogens with one attached hydrogen (secondary N) is 3. The van der Waals surface area contributed by atoms with Gasteiger partial charge in [-0.15, -0.1) is 11.3 Å². The topological polar surface area (TPSA) is 83.1 Å². The van der Waals surface area contributed by atoms with Crippen molar-refractivity contribution in [2.45, 2.75) is 45.7 Å². The molecule has 1 atom stereocenters. The molecule has 6 nitrogen and oxygen atoms in total. The van der Waals surface area contributed by atoms with Crippen LogP contribution in [0, 0.1) is 12.8 Å². The summed E-state index contributed by atoms with van der Waals surface area (Å²) in [5, 5.41) is 10.1. The number of benzene rings is 1. The zero-order valence-corrected chi connectivity index (χ0v) is 16.7. The molecule has 0 bridgehead atoms. The van der Waals surface area contributed by atoms with E-state index in [2.05, 4.69) is 20.9 Å². The molecule has 1 heterocycles. The van der Waals surface area contributed by atoms with Crippen molar-refractivity contribution < 1.29 is 9.59 Å². The van der Waals surface area contributed by atoms with Crippen LogP contribution in [0.2, 0.25) is 0 Å². The molecule has 1 fully saturated rings. The fourth-order valence-electron chi connectivity index (χ4n) is 2.93. The minimum atomic E-state index is -0.192. The number of rotatable bonds is 8. The van der Waals surface area contributed by atoms with Crippen LogP contribution >= 0.6 is 11.3 Å². The first-order valence-corrected chi connectivity index (χ1v) is 10.1. The normalized spacial score (nSPS) is 14.8. The van der Waals surface area contributed by atoms with Crippen LogP contribution in [0.5, 0.6) is 0 Å². The Kier molecular flexibility index (Phi) is 6.23. The summed E-state index contributed by atoms with van der Waals surface area (Å²) in [4.78, 5) is 30.4. The number of aryl methyl sites for hydroxylation is 1. The maximum atomic E-state index is 12.5. The lowest BCUT2D eigenvalue weighted by atomic mass is 10.1. The number of hydrogen-bond donors (Lipinski definition) is 3. The van der Waals surface area contributed by atoms with Gasteiger partial charge in [0.25, 0.3) is 5.91 Å². The van der Waals surface area contributed by atoms with Gasteiger partial charge in [-0.05, 0) is 51.7 Å². The largest absolute Gasteiger partial charge is 0.350 e. The van der Waals surface area contributed by atoms with Crippen molar-refractivity contribution in [3.05, 3.63) is 45.9 Å². The second-order valence-electron chi connectivity index (χ2n) is 7.23. The minimum Gasteiger partial charge on any atom is -0.350 e. The molecule has 0 aliphatic heterocycles. The van der Waals surface area contributed by atoms with Gasteiger partial charge in [-0.3, -0.25) is 14.9 Å². The Morgan fingerprint density at radius 3 is 2.63 bits per heavy atom. The van der Waals surface area contributed by atoms with Crippen LogP contribution < -0.4 is 16.0 Å². The molecular weight excluding hydrogens is 360 g/mol. The molecule has 0 spiro atoms. The third-order valence-corrected chi connectivity index (χ3v) is 5.34. The molecule has 2 amide bonds. The summed E-state index contributed by atoms with van der Waals surface area (Å²) < 4.78 is 0. The Labute approximate surface area is 163 Å². The number of anilines is 1.